The van der Waals surface area contributed by atoms with Crippen molar-refractivity contribution in [2.24, 2.45) is 0 Å². The maximum atomic E-state index is 12.2. The first-order valence-corrected chi connectivity index (χ1v) is 7.79. The van der Waals surface area contributed by atoms with E-state index >= 15 is 0 Å². The lowest BCUT2D eigenvalue weighted by atomic mass is 10.1. The molecule has 0 fully saturated rings. The van der Waals surface area contributed by atoms with Crippen molar-refractivity contribution in [3.05, 3.63) is 66.4 Å². The summed E-state index contributed by atoms with van der Waals surface area (Å²) in [4.78, 5) is 12.2. The molecular formula is C19H18N2O3. The Kier molecular flexibility index (Phi) is 4.91. The first-order chi connectivity index (χ1) is 11.8. The minimum atomic E-state index is -0.171. The number of carbonyl (C=O) groups excluding carboxylic acids is 1. The molecule has 1 aromatic heterocycles. The molecule has 5 nitrogen and oxygen atoms in total. The van der Waals surface area contributed by atoms with Crippen LogP contribution in [0.4, 0.5) is 5.69 Å². The van der Waals surface area contributed by atoms with Gasteiger partial charge >= 0.3 is 0 Å². The summed E-state index contributed by atoms with van der Waals surface area (Å²) in [5.74, 6) is 1.13. The van der Waals surface area contributed by atoms with Gasteiger partial charge in [-0.25, -0.2) is 0 Å². The molecule has 0 unspecified atom stereocenters. The van der Waals surface area contributed by atoms with Crippen molar-refractivity contribution in [3.63, 3.8) is 0 Å². The van der Waals surface area contributed by atoms with E-state index in [1.807, 2.05) is 55.5 Å². The average Bonchev–Trinajstić information content (AvgIpc) is 3.06. The van der Waals surface area contributed by atoms with E-state index in [4.69, 9.17) is 9.26 Å². The summed E-state index contributed by atoms with van der Waals surface area (Å²) in [5, 5.41) is 6.81. The van der Waals surface area contributed by atoms with E-state index in [1.54, 1.807) is 12.1 Å². The molecule has 0 spiro atoms. The third-order valence-electron chi connectivity index (χ3n) is 3.42. The van der Waals surface area contributed by atoms with Crippen molar-refractivity contribution in [1.82, 2.24) is 5.16 Å². The Labute approximate surface area is 140 Å². The lowest BCUT2D eigenvalue weighted by molar-refractivity contribution is -0.115. The third kappa shape index (κ3) is 3.81. The van der Waals surface area contributed by atoms with Gasteiger partial charge in [-0.2, -0.15) is 0 Å². The van der Waals surface area contributed by atoms with Gasteiger partial charge < -0.3 is 14.6 Å². The number of nitrogens with one attached hydrogen (secondary N) is 1. The summed E-state index contributed by atoms with van der Waals surface area (Å²) >= 11 is 0. The van der Waals surface area contributed by atoms with Crippen molar-refractivity contribution < 1.29 is 14.1 Å². The molecule has 122 valence electrons. The van der Waals surface area contributed by atoms with Gasteiger partial charge in [-0.1, -0.05) is 47.6 Å². The first-order valence-electron chi connectivity index (χ1n) is 7.79. The maximum Gasteiger partial charge on any atom is 0.230 e. The van der Waals surface area contributed by atoms with E-state index in [9.17, 15) is 4.79 Å². The van der Waals surface area contributed by atoms with Crippen LogP contribution in [0.1, 0.15) is 12.6 Å². The zero-order valence-electron chi connectivity index (χ0n) is 13.4. The molecule has 0 radical (unpaired) electrons. The Morgan fingerprint density at radius 3 is 2.67 bits per heavy atom. The molecule has 1 N–H and O–H groups in total. The summed E-state index contributed by atoms with van der Waals surface area (Å²) in [6.45, 7) is 2.44. The third-order valence-corrected chi connectivity index (χ3v) is 3.42. The van der Waals surface area contributed by atoms with Gasteiger partial charge in [0.25, 0.3) is 0 Å². The van der Waals surface area contributed by atoms with E-state index in [1.165, 1.54) is 0 Å². The minimum absolute atomic E-state index is 0.136. The van der Waals surface area contributed by atoms with Crippen LogP contribution in [-0.4, -0.2) is 17.7 Å². The average molecular weight is 322 g/mol. The van der Waals surface area contributed by atoms with Crippen molar-refractivity contribution in [2.45, 2.75) is 13.3 Å². The van der Waals surface area contributed by atoms with Gasteiger partial charge in [-0.05, 0) is 19.1 Å². The SMILES string of the molecule is CCOc1ccccc1NC(=O)Cc1cc(-c2ccccc2)on1. The van der Waals surface area contributed by atoms with Crippen molar-refractivity contribution in [2.75, 3.05) is 11.9 Å². The molecule has 0 aliphatic heterocycles. The molecule has 0 aliphatic carbocycles. The van der Waals surface area contributed by atoms with Gasteiger partial charge in [-0.3, -0.25) is 4.79 Å². The van der Waals surface area contributed by atoms with Crippen LogP contribution in [0.2, 0.25) is 0 Å². The molecule has 1 heterocycles. The zero-order chi connectivity index (χ0) is 16.8. The van der Waals surface area contributed by atoms with E-state index < -0.39 is 0 Å². The molecule has 0 aliphatic rings. The highest BCUT2D eigenvalue weighted by Crippen LogP contribution is 2.24. The number of anilines is 1. The number of amides is 1. The number of nitrogens with zero attached hydrogens (tertiary/aromatic N) is 1. The summed E-state index contributed by atoms with van der Waals surface area (Å²) in [6.07, 6.45) is 0.136. The van der Waals surface area contributed by atoms with Crippen LogP contribution in [0, 0.1) is 0 Å². The Bertz CT molecular complexity index is 812. The number of para-hydroxylation sites is 2. The quantitative estimate of drug-likeness (QED) is 0.747. The number of hydrogen-bond acceptors (Lipinski definition) is 4. The van der Waals surface area contributed by atoms with Gasteiger partial charge in [0.05, 0.1) is 24.4 Å². The number of benzene rings is 2. The first kappa shape index (κ1) is 15.8. The Hall–Kier alpha value is -3.08. The monoisotopic (exact) mass is 322 g/mol. The summed E-state index contributed by atoms with van der Waals surface area (Å²) in [5.41, 5.74) is 2.16. The molecule has 1 amide bonds. The molecule has 0 saturated carbocycles. The van der Waals surface area contributed by atoms with Crippen LogP contribution in [0.3, 0.4) is 0 Å². The van der Waals surface area contributed by atoms with Crippen LogP contribution in [0.5, 0.6) is 5.75 Å². The lowest BCUT2D eigenvalue weighted by Gasteiger charge is -2.10. The highest BCUT2D eigenvalue weighted by atomic mass is 16.5. The molecule has 0 saturated heterocycles. The van der Waals surface area contributed by atoms with Crippen molar-refractivity contribution >= 4 is 11.6 Å². The van der Waals surface area contributed by atoms with Crippen LogP contribution in [0.15, 0.2) is 65.2 Å². The molecule has 0 atom stereocenters. The normalized spacial score (nSPS) is 10.4. The van der Waals surface area contributed by atoms with E-state index in [2.05, 4.69) is 10.5 Å². The fraction of sp³-hybridized carbons (Fsp3) is 0.158. The fourth-order valence-electron chi connectivity index (χ4n) is 2.34. The number of hydrogen-bond donors (Lipinski definition) is 1. The highest BCUT2D eigenvalue weighted by Gasteiger charge is 2.12. The number of ether oxygens (including phenoxy) is 1. The molecule has 2 aromatic carbocycles. The van der Waals surface area contributed by atoms with Gasteiger partial charge in [0.1, 0.15) is 5.75 Å². The second kappa shape index (κ2) is 7.46. The second-order valence-electron chi connectivity index (χ2n) is 5.20. The van der Waals surface area contributed by atoms with Crippen molar-refractivity contribution in [3.8, 4) is 17.1 Å². The maximum absolute atomic E-state index is 12.2. The van der Waals surface area contributed by atoms with Gasteiger partial charge in [0, 0.05) is 11.6 Å². The summed E-state index contributed by atoms with van der Waals surface area (Å²) < 4.78 is 10.8. The van der Waals surface area contributed by atoms with Crippen LogP contribution in [-0.2, 0) is 11.2 Å². The lowest BCUT2D eigenvalue weighted by Crippen LogP contribution is -2.15. The number of aromatic nitrogens is 1. The van der Waals surface area contributed by atoms with Crippen LogP contribution in [0.25, 0.3) is 11.3 Å². The topological polar surface area (TPSA) is 64.4 Å². The molecule has 3 rings (SSSR count). The molecule has 5 heteroatoms. The minimum Gasteiger partial charge on any atom is -0.492 e. The second-order valence-corrected chi connectivity index (χ2v) is 5.20. The number of carbonyl (C=O) groups is 1. The number of rotatable bonds is 6. The predicted molar refractivity (Wildman–Crippen MR) is 91.9 cm³/mol. The van der Waals surface area contributed by atoms with Crippen LogP contribution >= 0.6 is 0 Å². The molecule has 3 aromatic rings. The van der Waals surface area contributed by atoms with E-state index in [0.717, 1.165) is 5.56 Å². The fourth-order valence-corrected chi connectivity index (χ4v) is 2.34. The molecular weight excluding hydrogens is 304 g/mol. The highest BCUT2D eigenvalue weighted by molar-refractivity contribution is 5.93. The summed E-state index contributed by atoms with van der Waals surface area (Å²) in [7, 11) is 0. The predicted octanol–water partition coefficient (Wildman–Crippen LogP) is 3.92. The van der Waals surface area contributed by atoms with E-state index in [0.29, 0.717) is 29.5 Å². The largest absolute Gasteiger partial charge is 0.492 e. The van der Waals surface area contributed by atoms with E-state index in [-0.39, 0.29) is 12.3 Å². The van der Waals surface area contributed by atoms with Crippen LogP contribution < -0.4 is 10.1 Å². The Balaban J connectivity index is 1.67. The van der Waals surface area contributed by atoms with Crippen molar-refractivity contribution in [1.29, 1.82) is 0 Å². The Morgan fingerprint density at radius 1 is 1.12 bits per heavy atom. The Morgan fingerprint density at radius 2 is 1.88 bits per heavy atom. The van der Waals surface area contributed by atoms with Gasteiger partial charge in [0.15, 0.2) is 5.76 Å². The summed E-state index contributed by atoms with van der Waals surface area (Å²) in [6, 6.07) is 18.8. The van der Waals surface area contributed by atoms with Gasteiger partial charge in [-0.15, -0.1) is 0 Å². The zero-order valence-corrected chi connectivity index (χ0v) is 13.4. The molecule has 0 bridgehead atoms. The molecule has 24 heavy (non-hydrogen) atoms. The van der Waals surface area contributed by atoms with Gasteiger partial charge in [0.2, 0.25) is 5.91 Å². The smallest absolute Gasteiger partial charge is 0.230 e. The standard InChI is InChI=1S/C19H18N2O3/c1-2-23-17-11-7-6-10-16(17)20-19(22)13-15-12-18(24-21-15)14-8-4-3-5-9-14/h3-12H,2,13H2,1H3,(H,20,22).